The second kappa shape index (κ2) is 11.0. The molecule has 0 bridgehead atoms. The smallest absolute Gasteiger partial charge is 0.231 e. The summed E-state index contributed by atoms with van der Waals surface area (Å²) in [6, 6.07) is 25.8. The third-order valence-corrected chi connectivity index (χ3v) is 5.91. The van der Waals surface area contributed by atoms with Crippen molar-refractivity contribution in [1.82, 2.24) is 9.97 Å². The Balaban J connectivity index is 1.32. The predicted molar refractivity (Wildman–Crippen MR) is 138 cm³/mol. The van der Waals surface area contributed by atoms with E-state index in [-0.39, 0.29) is 24.4 Å². The van der Waals surface area contributed by atoms with Crippen molar-refractivity contribution in [3.8, 4) is 5.75 Å². The molecular weight excluding hydrogens is 472 g/mol. The number of carbonyl (C=O) groups excluding carboxylic acids is 1. The van der Waals surface area contributed by atoms with Crippen LogP contribution in [0.25, 0.3) is 10.9 Å². The monoisotopic (exact) mass is 495 g/mol. The maximum Gasteiger partial charge on any atom is 0.231 e. The van der Waals surface area contributed by atoms with E-state index < -0.39 is 11.6 Å². The number of halogens is 2. The molecule has 0 aliphatic rings. The average molecular weight is 496 g/mol. The van der Waals surface area contributed by atoms with Crippen LogP contribution in [-0.2, 0) is 24.4 Å². The van der Waals surface area contributed by atoms with Gasteiger partial charge in [-0.25, -0.2) is 13.8 Å². The Kier molecular flexibility index (Phi) is 7.12. The summed E-state index contributed by atoms with van der Waals surface area (Å²) in [7, 11) is 0. The van der Waals surface area contributed by atoms with Crippen LogP contribution in [0.2, 0.25) is 0 Å². The molecule has 0 radical (unpaired) electrons. The molecule has 184 valence electrons. The molecule has 3 aromatic carbocycles. The zero-order chi connectivity index (χ0) is 25.6. The van der Waals surface area contributed by atoms with Crippen molar-refractivity contribution in [2.45, 2.75) is 19.6 Å². The number of ether oxygens (including phenoxy) is 1. The Hall–Kier alpha value is -4.65. The van der Waals surface area contributed by atoms with Crippen molar-refractivity contribution in [2.75, 3.05) is 4.90 Å². The lowest BCUT2D eigenvalue weighted by molar-refractivity contribution is -0.118. The van der Waals surface area contributed by atoms with Gasteiger partial charge in [0.05, 0.1) is 24.2 Å². The van der Waals surface area contributed by atoms with E-state index in [2.05, 4.69) is 9.97 Å². The first kappa shape index (κ1) is 24.1. The Morgan fingerprint density at radius 3 is 2.51 bits per heavy atom. The largest absolute Gasteiger partial charge is 0.487 e. The van der Waals surface area contributed by atoms with Crippen LogP contribution in [0.4, 0.5) is 14.5 Å². The molecule has 2 heterocycles. The topological polar surface area (TPSA) is 55.3 Å². The van der Waals surface area contributed by atoms with Crippen LogP contribution >= 0.6 is 0 Å². The molecule has 0 fully saturated rings. The highest BCUT2D eigenvalue weighted by atomic mass is 19.1. The lowest BCUT2D eigenvalue weighted by atomic mass is 10.1. The summed E-state index contributed by atoms with van der Waals surface area (Å²) in [4.78, 5) is 23.6. The van der Waals surface area contributed by atoms with Gasteiger partial charge in [-0.2, -0.15) is 0 Å². The third-order valence-electron chi connectivity index (χ3n) is 5.91. The van der Waals surface area contributed by atoms with Gasteiger partial charge in [0.15, 0.2) is 0 Å². The van der Waals surface area contributed by atoms with Gasteiger partial charge < -0.3 is 9.64 Å². The second-order valence-electron chi connectivity index (χ2n) is 8.53. The van der Waals surface area contributed by atoms with Crippen LogP contribution in [0, 0.1) is 11.6 Å². The minimum absolute atomic E-state index is 0.130. The molecule has 0 aliphatic carbocycles. The Morgan fingerprint density at radius 1 is 0.892 bits per heavy atom. The van der Waals surface area contributed by atoms with Crippen molar-refractivity contribution in [3.05, 3.63) is 132 Å². The summed E-state index contributed by atoms with van der Waals surface area (Å²) in [5.74, 6) is -1.14. The minimum Gasteiger partial charge on any atom is -0.487 e. The van der Waals surface area contributed by atoms with Gasteiger partial charge >= 0.3 is 0 Å². The molecule has 0 unspecified atom stereocenters. The van der Waals surface area contributed by atoms with Crippen molar-refractivity contribution in [2.24, 2.45) is 0 Å². The molecule has 5 nitrogen and oxygen atoms in total. The lowest BCUT2D eigenvalue weighted by Gasteiger charge is -2.23. The fourth-order valence-corrected chi connectivity index (χ4v) is 3.99. The van der Waals surface area contributed by atoms with Gasteiger partial charge in [0, 0.05) is 29.5 Å². The number of rotatable bonds is 8. The van der Waals surface area contributed by atoms with Gasteiger partial charge in [-0.15, -0.1) is 0 Å². The second-order valence-corrected chi connectivity index (χ2v) is 8.53. The van der Waals surface area contributed by atoms with Gasteiger partial charge in [0.2, 0.25) is 5.91 Å². The zero-order valence-corrected chi connectivity index (χ0v) is 19.9. The number of fused-ring (bicyclic) bond motifs is 1. The summed E-state index contributed by atoms with van der Waals surface area (Å²) >= 11 is 0. The maximum atomic E-state index is 14.2. The molecule has 0 atom stereocenters. The van der Waals surface area contributed by atoms with Gasteiger partial charge in [0.1, 0.15) is 24.0 Å². The zero-order valence-electron chi connectivity index (χ0n) is 19.9. The number of carbonyl (C=O) groups is 1. The number of amides is 1. The number of pyridine rings is 2. The SMILES string of the molecule is O=C(Cc1ccc(F)cc1F)N(Cc1cccnc1)c1ccc(OCc2ccc3ccccc3n2)cc1. The average Bonchev–Trinajstić information content (AvgIpc) is 2.93. The number of aromatic nitrogens is 2. The summed E-state index contributed by atoms with van der Waals surface area (Å²) in [6.07, 6.45) is 3.12. The quantitative estimate of drug-likeness (QED) is 0.255. The van der Waals surface area contributed by atoms with Gasteiger partial charge in [-0.3, -0.25) is 9.78 Å². The molecule has 5 rings (SSSR count). The number of anilines is 1. The highest BCUT2D eigenvalue weighted by Gasteiger charge is 2.19. The van der Waals surface area contributed by atoms with E-state index in [0.29, 0.717) is 18.0 Å². The Labute approximate surface area is 213 Å². The van der Waals surface area contributed by atoms with Crippen LogP contribution < -0.4 is 9.64 Å². The number of para-hydroxylation sites is 1. The van der Waals surface area contributed by atoms with Gasteiger partial charge in [0.25, 0.3) is 0 Å². The molecule has 0 spiro atoms. The molecule has 1 amide bonds. The van der Waals surface area contributed by atoms with E-state index in [4.69, 9.17) is 4.74 Å². The molecule has 0 aliphatic heterocycles. The van der Waals surface area contributed by atoms with Gasteiger partial charge in [-0.05, 0) is 59.7 Å². The molecule has 0 saturated heterocycles. The normalized spacial score (nSPS) is 10.9. The molecule has 2 aromatic heterocycles. The first-order valence-corrected chi connectivity index (χ1v) is 11.8. The highest BCUT2D eigenvalue weighted by molar-refractivity contribution is 5.94. The first-order valence-electron chi connectivity index (χ1n) is 11.8. The fraction of sp³-hybridized carbons (Fsp3) is 0.100. The van der Waals surface area contributed by atoms with Gasteiger partial charge in [-0.1, -0.05) is 36.4 Å². The van der Waals surface area contributed by atoms with Crippen molar-refractivity contribution >= 4 is 22.5 Å². The molecule has 0 N–H and O–H groups in total. The number of benzene rings is 3. The lowest BCUT2D eigenvalue weighted by Crippen LogP contribution is -2.32. The molecule has 7 heteroatoms. The maximum absolute atomic E-state index is 14.2. The van der Waals surface area contributed by atoms with Crippen LogP contribution in [0.15, 0.2) is 103 Å². The van der Waals surface area contributed by atoms with Crippen molar-refractivity contribution in [1.29, 1.82) is 0 Å². The number of hydrogen-bond donors (Lipinski definition) is 0. The Morgan fingerprint density at radius 2 is 1.73 bits per heavy atom. The van der Waals surface area contributed by atoms with E-state index >= 15 is 0 Å². The van der Waals surface area contributed by atoms with E-state index in [1.165, 1.54) is 6.07 Å². The van der Waals surface area contributed by atoms with E-state index in [9.17, 15) is 13.6 Å². The highest BCUT2D eigenvalue weighted by Crippen LogP contribution is 2.24. The number of nitrogens with zero attached hydrogens (tertiary/aromatic N) is 3. The fourth-order valence-electron chi connectivity index (χ4n) is 3.99. The third kappa shape index (κ3) is 5.95. The van der Waals surface area contributed by atoms with Crippen LogP contribution in [-0.4, -0.2) is 15.9 Å². The summed E-state index contributed by atoms with van der Waals surface area (Å²) in [6.45, 7) is 0.545. The molecule has 5 aromatic rings. The summed E-state index contributed by atoms with van der Waals surface area (Å²) < 4.78 is 33.5. The van der Waals surface area contributed by atoms with E-state index in [1.807, 2.05) is 42.5 Å². The van der Waals surface area contributed by atoms with Crippen molar-refractivity contribution < 1.29 is 18.3 Å². The van der Waals surface area contributed by atoms with Crippen molar-refractivity contribution in [3.63, 3.8) is 0 Å². The summed E-state index contributed by atoms with van der Waals surface area (Å²) in [5.41, 5.74) is 3.27. The summed E-state index contributed by atoms with van der Waals surface area (Å²) in [5, 5.41) is 1.06. The van der Waals surface area contributed by atoms with Crippen LogP contribution in [0.3, 0.4) is 0 Å². The van der Waals surface area contributed by atoms with Crippen LogP contribution in [0.5, 0.6) is 5.75 Å². The molecular formula is C30H23F2N3O2. The molecule has 37 heavy (non-hydrogen) atoms. The van der Waals surface area contributed by atoms with E-state index in [0.717, 1.165) is 34.3 Å². The Bertz CT molecular complexity index is 1530. The first-order chi connectivity index (χ1) is 18.0. The number of hydrogen-bond acceptors (Lipinski definition) is 4. The predicted octanol–water partition coefficient (Wildman–Crippen LogP) is 6.26. The minimum atomic E-state index is -0.749. The van der Waals surface area contributed by atoms with Crippen LogP contribution in [0.1, 0.15) is 16.8 Å². The molecule has 0 saturated carbocycles. The van der Waals surface area contributed by atoms with E-state index in [1.54, 1.807) is 47.6 Å². The standard InChI is InChI=1S/C30H23F2N3O2/c31-24-9-7-23(28(32)17-24)16-30(36)35(19-21-4-3-15-33-18-21)26-11-13-27(14-12-26)37-20-25-10-8-22-5-1-2-6-29(22)34-25/h1-15,17-18H,16,19-20H2.